The second kappa shape index (κ2) is 7.93. The van der Waals surface area contributed by atoms with Gasteiger partial charge < -0.3 is 20.5 Å². The topological polar surface area (TPSA) is 68.9 Å². The van der Waals surface area contributed by atoms with Crippen LogP contribution in [0.2, 0.25) is 0 Å². The third-order valence-corrected chi connectivity index (χ3v) is 3.01. The molecule has 0 aliphatic carbocycles. The number of nitrogens with zero attached hydrogens (tertiary/aromatic N) is 1. The maximum Gasteiger partial charge on any atom is 0.193 e. The summed E-state index contributed by atoms with van der Waals surface area (Å²) in [5, 5.41) is 3.04. The molecule has 0 aliphatic rings. The van der Waals surface area contributed by atoms with Gasteiger partial charge in [0.2, 0.25) is 0 Å². The number of hydrogen-bond donors (Lipinski definition) is 2. The first-order valence-electron chi connectivity index (χ1n) is 7.08. The van der Waals surface area contributed by atoms with Gasteiger partial charge in [-0.25, -0.2) is 4.99 Å². The second-order valence-electron chi connectivity index (χ2n) is 4.79. The van der Waals surface area contributed by atoms with Gasteiger partial charge in [0.15, 0.2) is 5.96 Å². The summed E-state index contributed by atoms with van der Waals surface area (Å²) < 4.78 is 10.7. The van der Waals surface area contributed by atoms with E-state index in [-0.39, 0.29) is 0 Å². The Hall–Kier alpha value is -2.69. The van der Waals surface area contributed by atoms with Gasteiger partial charge >= 0.3 is 0 Å². The van der Waals surface area contributed by atoms with Crippen LogP contribution in [-0.4, -0.2) is 26.2 Å². The molecule has 2 rings (SSSR count). The monoisotopic (exact) mass is 299 g/mol. The van der Waals surface area contributed by atoms with Crippen LogP contribution in [0.25, 0.3) is 0 Å². The van der Waals surface area contributed by atoms with E-state index >= 15 is 0 Å². The summed E-state index contributed by atoms with van der Waals surface area (Å²) in [5.41, 5.74) is 7.95. The van der Waals surface area contributed by atoms with Gasteiger partial charge in [-0.05, 0) is 31.2 Å². The molecule has 0 aliphatic heterocycles. The van der Waals surface area contributed by atoms with Crippen molar-refractivity contribution in [2.45, 2.75) is 6.92 Å². The Morgan fingerprint density at radius 1 is 1.14 bits per heavy atom. The summed E-state index contributed by atoms with van der Waals surface area (Å²) in [4.78, 5) is 4.23. The van der Waals surface area contributed by atoms with Crippen molar-refractivity contribution in [3.05, 3.63) is 54.1 Å². The molecule has 22 heavy (non-hydrogen) atoms. The Balaban J connectivity index is 1.77. The average Bonchev–Trinajstić information content (AvgIpc) is 2.54. The van der Waals surface area contributed by atoms with Crippen molar-refractivity contribution in [2.24, 2.45) is 10.7 Å². The molecule has 3 N–H and O–H groups in total. The number of aryl methyl sites for hydroxylation is 1. The third kappa shape index (κ3) is 5.01. The first-order chi connectivity index (χ1) is 10.7. The van der Waals surface area contributed by atoms with Gasteiger partial charge in [0.1, 0.15) is 18.1 Å². The largest absolute Gasteiger partial charge is 0.497 e. The summed E-state index contributed by atoms with van der Waals surface area (Å²) in [5.74, 6) is 1.89. The molecule has 116 valence electrons. The minimum absolute atomic E-state index is 0.373. The molecular weight excluding hydrogens is 278 g/mol. The Kier molecular flexibility index (Phi) is 5.65. The maximum absolute atomic E-state index is 5.83. The summed E-state index contributed by atoms with van der Waals surface area (Å²) in [6, 6.07) is 15.4. The van der Waals surface area contributed by atoms with Crippen LogP contribution in [0.4, 0.5) is 5.69 Å². The van der Waals surface area contributed by atoms with Gasteiger partial charge in [0.25, 0.3) is 0 Å². The van der Waals surface area contributed by atoms with Crippen LogP contribution >= 0.6 is 0 Å². The number of methoxy groups -OCH3 is 1. The number of nitrogens with one attached hydrogen (secondary N) is 1. The molecule has 5 nitrogen and oxygen atoms in total. The molecule has 2 aromatic carbocycles. The number of ether oxygens (including phenoxy) is 2. The molecule has 0 bridgehead atoms. The summed E-state index contributed by atoms with van der Waals surface area (Å²) in [7, 11) is 1.63. The molecule has 0 saturated heterocycles. The fourth-order valence-corrected chi connectivity index (χ4v) is 1.84. The normalized spacial score (nSPS) is 11.1. The number of nitrogens with two attached hydrogens (primary N) is 1. The van der Waals surface area contributed by atoms with Crippen molar-refractivity contribution in [3.63, 3.8) is 0 Å². The summed E-state index contributed by atoms with van der Waals surface area (Å²) in [6.45, 7) is 2.96. The van der Waals surface area contributed by atoms with Crippen molar-refractivity contribution in [2.75, 3.05) is 25.6 Å². The quantitative estimate of drug-likeness (QED) is 0.489. The van der Waals surface area contributed by atoms with E-state index in [9.17, 15) is 0 Å². The van der Waals surface area contributed by atoms with Crippen molar-refractivity contribution in [1.82, 2.24) is 0 Å². The van der Waals surface area contributed by atoms with Crippen LogP contribution in [0.5, 0.6) is 11.5 Å². The molecule has 0 aromatic heterocycles. The van der Waals surface area contributed by atoms with Crippen LogP contribution in [0.1, 0.15) is 5.56 Å². The van der Waals surface area contributed by atoms with Gasteiger partial charge in [0.05, 0.1) is 13.7 Å². The predicted molar refractivity (Wildman–Crippen MR) is 89.8 cm³/mol. The van der Waals surface area contributed by atoms with Crippen LogP contribution in [0, 0.1) is 6.92 Å². The fraction of sp³-hybridized carbons (Fsp3) is 0.235. The molecule has 0 atom stereocenters. The zero-order chi connectivity index (χ0) is 15.8. The number of benzene rings is 2. The Labute approximate surface area is 130 Å². The fourth-order valence-electron chi connectivity index (χ4n) is 1.84. The van der Waals surface area contributed by atoms with Crippen LogP contribution < -0.4 is 20.5 Å². The number of hydrogen-bond acceptors (Lipinski definition) is 3. The van der Waals surface area contributed by atoms with Crippen molar-refractivity contribution in [3.8, 4) is 11.5 Å². The summed E-state index contributed by atoms with van der Waals surface area (Å²) in [6.07, 6.45) is 0. The molecular formula is C17H21N3O2. The lowest BCUT2D eigenvalue weighted by molar-refractivity contribution is 0.325. The molecule has 0 spiro atoms. The van der Waals surface area contributed by atoms with Crippen LogP contribution in [-0.2, 0) is 0 Å². The minimum Gasteiger partial charge on any atom is -0.497 e. The highest BCUT2D eigenvalue weighted by Gasteiger charge is 1.97. The lowest BCUT2D eigenvalue weighted by Crippen LogP contribution is -2.23. The first-order valence-corrected chi connectivity index (χ1v) is 7.08. The highest BCUT2D eigenvalue weighted by molar-refractivity contribution is 5.92. The highest BCUT2D eigenvalue weighted by Crippen LogP contribution is 2.18. The van der Waals surface area contributed by atoms with E-state index in [1.807, 2.05) is 55.5 Å². The van der Waals surface area contributed by atoms with Gasteiger partial charge in [-0.3, -0.25) is 0 Å². The highest BCUT2D eigenvalue weighted by atomic mass is 16.5. The Morgan fingerprint density at radius 2 is 1.86 bits per heavy atom. The number of rotatable bonds is 6. The number of anilines is 1. The maximum atomic E-state index is 5.83. The molecule has 0 heterocycles. The predicted octanol–water partition coefficient (Wildman–Crippen LogP) is 2.81. The molecule has 0 amide bonds. The van der Waals surface area contributed by atoms with Gasteiger partial charge in [0, 0.05) is 11.8 Å². The van der Waals surface area contributed by atoms with Crippen molar-refractivity contribution >= 4 is 11.6 Å². The smallest absolute Gasteiger partial charge is 0.193 e. The molecule has 0 radical (unpaired) electrons. The SMILES string of the molecule is COc1cccc(OCCN=C(N)Nc2ccc(C)cc2)c1. The molecule has 2 aromatic rings. The van der Waals surface area contributed by atoms with E-state index in [1.54, 1.807) is 7.11 Å². The molecule has 0 saturated carbocycles. The lowest BCUT2D eigenvalue weighted by Gasteiger charge is -2.08. The van der Waals surface area contributed by atoms with Gasteiger partial charge in [-0.15, -0.1) is 0 Å². The molecule has 0 unspecified atom stereocenters. The zero-order valence-corrected chi connectivity index (χ0v) is 12.9. The van der Waals surface area contributed by atoms with E-state index in [0.717, 1.165) is 17.2 Å². The lowest BCUT2D eigenvalue weighted by atomic mass is 10.2. The van der Waals surface area contributed by atoms with E-state index in [4.69, 9.17) is 15.2 Å². The van der Waals surface area contributed by atoms with E-state index in [2.05, 4.69) is 10.3 Å². The summed E-state index contributed by atoms with van der Waals surface area (Å²) >= 11 is 0. The van der Waals surface area contributed by atoms with E-state index in [0.29, 0.717) is 19.1 Å². The number of aliphatic imine (C=N–C) groups is 1. The number of guanidine groups is 1. The van der Waals surface area contributed by atoms with Crippen LogP contribution in [0.3, 0.4) is 0 Å². The first kappa shape index (κ1) is 15.7. The standard InChI is InChI=1S/C17H21N3O2/c1-13-6-8-14(9-7-13)20-17(18)19-10-11-22-16-5-3-4-15(12-16)21-2/h3-9,12H,10-11H2,1-2H3,(H3,18,19,20). The van der Waals surface area contributed by atoms with Crippen molar-refractivity contribution in [1.29, 1.82) is 0 Å². The zero-order valence-electron chi connectivity index (χ0n) is 12.9. The Morgan fingerprint density at radius 3 is 2.59 bits per heavy atom. The van der Waals surface area contributed by atoms with Crippen molar-refractivity contribution < 1.29 is 9.47 Å². The minimum atomic E-state index is 0.373. The molecule has 5 heteroatoms. The van der Waals surface area contributed by atoms with E-state index < -0.39 is 0 Å². The van der Waals surface area contributed by atoms with E-state index in [1.165, 1.54) is 5.56 Å². The average molecular weight is 299 g/mol. The van der Waals surface area contributed by atoms with Gasteiger partial charge in [-0.2, -0.15) is 0 Å². The second-order valence-corrected chi connectivity index (χ2v) is 4.79. The molecule has 0 fully saturated rings. The Bertz CT molecular complexity index is 624. The van der Waals surface area contributed by atoms with Crippen LogP contribution in [0.15, 0.2) is 53.5 Å². The third-order valence-electron chi connectivity index (χ3n) is 3.01. The van der Waals surface area contributed by atoms with Gasteiger partial charge in [-0.1, -0.05) is 23.8 Å².